The zero-order valence-corrected chi connectivity index (χ0v) is 9.84. The van der Waals surface area contributed by atoms with Crippen LogP contribution in [0.5, 0.6) is 0 Å². The number of thiophene rings is 1. The second-order valence-electron chi connectivity index (χ2n) is 3.63. The molecule has 0 atom stereocenters. The van der Waals surface area contributed by atoms with Crippen molar-refractivity contribution in [3.63, 3.8) is 0 Å². The molecule has 0 aliphatic carbocycles. The van der Waals surface area contributed by atoms with Crippen LogP contribution in [0.25, 0.3) is 0 Å². The van der Waals surface area contributed by atoms with Gasteiger partial charge in [-0.15, -0.1) is 11.3 Å². The van der Waals surface area contributed by atoms with Gasteiger partial charge in [-0.05, 0) is 38.5 Å². The highest BCUT2D eigenvalue weighted by Crippen LogP contribution is 2.16. The molecule has 0 saturated heterocycles. The van der Waals surface area contributed by atoms with E-state index in [-0.39, 0.29) is 0 Å². The quantitative estimate of drug-likeness (QED) is 0.791. The molecular weight excluding hydrogens is 204 g/mol. The van der Waals surface area contributed by atoms with Crippen molar-refractivity contribution in [1.82, 2.24) is 9.97 Å². The van der Waals surface area contributed by atoms with Crippen molar-refractivity contribution in [3.8, 4) is 0 Å². The zero-order chi connectivity index (χ0) is 10.7. The van der Waals surface area contributed by atoms with Gasteiger partial charge in [-0.3, -0.25) is 0 Å². The van der Waals surface area contributed by atoms with Crippen molar-refractivity contribution in [1.29, 1.82) is 0 Å². The van der Waals surface area contributed by atoms with Gasteiger partial charge in [0.1, 0.15) is 5.82 Å². The summed E-state index contributed by atoms with van der Waals surface area (Å²) in [6.45, 7) is 4.14. The minimum Gasteiger partial charge on any atom is -0.241 e. The molecule has 0 N–H and O–H groups in total. The van der Waals surface area contributed by atoms with E-state index in [1.165, 1.54) is 9.75 Å². The summed E-state index contributed by atoms with van der Waals surface area (Å²) >= 11 is 1.86. The average Bonchev–Trinajstić information content (AvgIpc) is 2.62. The number of aryl methyl sites for hydroxylation is 4. The molecule has 0 amide bonds. The van der Waals surface area contributed by atoms with Crippen LogP contribution in [-0.4, -0.2) is 9.97 Å². The first-order chi connectivity index (χ1) is 7.24. The second kappa shape index (κ2) is 4.53. The fourth-order valence-corrected chi connectivity index (χ4v) is 2.37. The fourth-order valence-electron chi connectivity index (χ4n) is 1.48. The summed E-state index contributed by atoms with van der Waals surface area (Å²) in [7, 11) is 0. The summed E-state index contributed by atoms with van der Waals surface area (Å²) in [5.74, 6) is 0.945. The third-order valence-corrected chi connectivity index (χ3v) is 3.30. The molecule has 0 aliphatic heterocycles. The van der Waals surface area contributed by atoms with E-state index >= 15 is 0 Å². The highest BCUT2D eigenvalue weighted by Gasteiger charge is 2.00. The third kappa shape index (κ3) is 2.86. The average molecular weight is 218 g/mol. The first-order valence-corrected chi connectivity index (χ1v) is 5.89. The van der Waals surface area contributed by atoms with E-state index in [1.54, 1.807) is 0 Å². The minimum absolute atomic E-state index is 0.932. The maximum atomic E-state index is 4.39. The molecule has 0 aromatic carbocycles. The lowest BCUT2D eigenvalue weighted by Crippen LogP contribution is -1.97. The van der Waals surface area contributed by atoms with Gasteiger partial charge in [0.05, 0.1) is 0 Å². The van der Waals surface area contributed by atoms with Crippen molar-refractivity contribution < 1.29 is 0 Å². The molecule has 0 saturated carbocycles. The lowest BCUT2D eigenvalue weighted by atomic mass is 10.2. The lowest BCUT2D eigenvalue weighted by Gasteiger charge is -1.98. The number of rotatable bonds is 3. The number of hydrogen-bond acceptors (Lipinski definition) is 3. The van der Waals surface area contributed by atoms with E-state index in [1.807, 2.05) is 30.5 Å². The Morgan fingerprint density at radius 3 is 2.67 bits per heavy atom. The van der Waals surface area contributed by atoms with Gasteiger partial charge in [0.2, 0.25) is 0 Å². The first kappa shape index (κ1) is 10.3. The Morgan fingerprint density at radius 2 is 2.00 bits per heavy atom. The van der Waals surface area contributed by atoms with Gasteiger partial charge in [-0.1, -0.05) is 0 Å². The Bertz CT molecular complexity index is 448. The number of hydrogen-bond donors (Lipinski definition) is 0. The number of aromatic nitrogens is 2. The van der Waals surface area contributed by atoms with Crippen LogP contribution in [0.15, 0.2) is 24.4 Å². The molecule has 78 valence electrons. The molecule has 2 heterocycles. The van der Waals surface area contributed by atoms with Crippen molar-refractivity contribution in [2.75, 3.05) is 0 Å². The van der Waals surface area contributed by atoms with Crippen molar-refractivity contribution >= 4 is 11.3 Å². The van der Waals surface area contributed by atoms with Gasteiger partial charge in [-0.25, -0.2) is 9.97 Å². The maximum Gasteiger partial charge on any atom is 0.128 e. The van der Waals surface area contributed by atoms with Crippen LogP contribution < -0.4 is 0 Å². The van der Waals surface area contributed by atoms with E-state index in [4.69, 9.17) is 0 Å². The number of nitrogens with zero attached hydrogens (tertiary/aromatic N) is 2. The van der Waals surface area contributed by atoms with Gasteiger partial charge in [0, 0.05) is 28.1 Å². The van der Waals surface area contributed by atoms with Gasteiger partial charge < -0.3 is 0 Å². The van der Waals surface area contributed by atoms with E-state index in [2.05, 4.69) is 29.0 Å². The van der Waals surface area contributed by atoms with Crippen molar-refractivity contribution in [2.24, 2.45) is 0 Å². The normalized spacial score (nSPS) is 10.5. The topological polar surface area (TPSA) is 25.8 Å². The smallest absolute Gasteiger partial charge is 0.128 e. The van der Waals surface area contributed by atoms with Crippen LogP contribution in [0.3, 0.4) is 0 Å². The maximum absolute atomic E-state index is 4.39. The van der Waals surface area contributed by atoms with Crippen LogP contribution in [-0.2, 0) is 12.8 Å². The molecule has 2 nitrogen and oxygen atoms in total. The molecule has 3 heteroatoms. The molecule has 2 aromatic rings. The first-order valence-electron chi connectivity index (χ1n) is 5.08. The molecule has 0 radical (unpaired) electrons. The molecule has 2 aromatic heterocycles. The summed E-state index contributed by atoms with van der Waals surface area (Å²) in [5, 5.41) is 0. The van der Waals surface area contributed by atoms with Crippen LogP contribution >= 0.6 is 11.3 Å². The summed E-state index contributed by atoms with van der Waals surface area (Å²) in [4.78, 5) is 11.4. The lowest BCUT2D eigenvalue weighted by molar-refractivity contribution is 0.855. The van der Waals surface area contributed by atoms with Crippen molar-refractivity contribution in [3.05, 3.63) is 45.7 Å². The molecule has 2 rings (SSSR count). The standard InChI is InChI=1S/C12H14N2S/c1-9-7-8-13-12(14-9)6-5-11-4-3-10(2)15-11/h3-4,7-8H,5-6H2,1-2H3. The monoisotopic (exact) mass is 218 g/mol. The Hall–Kier alpha value is -1.22. The summed E-state index contributed by atoms with van der Waals surface area (Å²) in [6, 6.07) is 6.28. The van der Waals surface area contributed by atoms with E-state index < -0.39 is 0 Å². The molecule has 0 bridgehead atoms. The molecule has 0 aliphatic rings. The van der Waals surface area contributed by atoms with Gasteiger partial charge in [0.15, 0.2) is 0 Å². The summed E-state index contributed by atoms with van der Waals surface area (Å²) in [5.41, 5.74) is 1.04. The Morgan fingerprint density at radius 1 is 1.13 bits per heavy atom. The SMILES string of the molecule is Cc1ccnc(CCc2ccc(C)s2)n1. The van der Waals surface area contributed by atoms with Crippen LogP contribution in [0.4, 0.5) is 0 Å². The largest absolute Gasteiger partial charge is 0.241 e. The van der Waals surface area contributed by atoms with Crippen LogP contribution in [0, 0.1) is 13.8 Å². The predicted octanol–water partition coefficient (Wildman–Crippen LogP) is 2.94. The van der Waals surface area contributed by atoms with Gasteiger partial charge in [-0.2, -0.15) is 0 Å². The highest BCUT2D eigenvalue weighted by molar-refractivity contribution is 7.11. The fraction of sp³-hybridized carbons (Fsp3) is 0.333. The minimum atomic E-state index is 0.932. The van der Waals surface area contributed by atoms with E-state index in [0.29, 0.717) is 0 Å². The van der Waals surface area contributed by atoms with Crippen molar-refractivity contribution in [2.45, 2.75) is 26.7 Å². The predicted molar refractivity (Wildman–Crippen MR) is 63.2 cm³/mol. The third-order valence-electron chi connectivity index (χ3n) is 2.24. The van der Waals surface area contributed by atoms with Gasteiger partial charge in [0.25, 0.3) is 0 Å². The Balaban J connectivity index is 1.99. The molecule has 0 unspecified atom stereocenters. The van der Waals surface area contributed by atoms with E-state index in [0.717, 1.165) is 24.4 Å². The highest BCUT2D eigenvalue weighted by atomic mass is 32.1. The Labute approximate surface area is 94.0 Å². The van der Waals surface area contributed by atoms with E-state index in [9.17, 15) is 0 Å². The summed E-state index contributed by atoms with van der Waals surface area (Å²) < 4.78 is 0. The molecular formula is C12H14N2S. The zero-order valence-electron chi connectivity index (χ0n) is 9.03. The molecule has 15 heavy (non-hydrogen) atoms. The Kier molecular flexibility index (Phi) is 3.11. The van der Waals surface area contributed by atoms with Crippen LogP contribution in [0.1, 0.15) is 21.3 Å². The van der Waals surface area contributed by atoms with Gasteiger partial charge >= 0.3 is 0 Å². The van der Waals surface area contributed by atoms with Crippen LogP contribution in [0.2, 0.25) is 0 Å². The second-order valence-corrected chi connectivity index (χ2v) is 5.00. The molecule has 0 spiro atoms. The molecule has 0 fully saturated rings. The summed E-state index contributed by atoms with van der Waals surface area (Å²) in [6.07, 6.45) is 3.81.